The van der Waals surface area contributed by atoms with E-state index in [9.17, 15) is 9.18 Å². The first-order chi connectivity index (χ1) is 10.2. The average Bonchev–Trinajstić information content (AvgIpc) is 2.45. The summed E-state index contributed by atoms with van der Waals surface area (Å²) in [4.78, 5) is 15.9. The lowest BCUT2D eigenvalue weighted by Gasteiger charge is -2.07. The summed E-state index contributed by atoms with van der Waals surface area (Å²) >= 11 is 0. The zero-order chi connectivity index (χ0) is 15.1. The Morgan fingerprint density at radius 3 is 2.81 bits per heavy atom. The van der Waals surface area contributed by atoms with E-state index >= 15 is 0 Å². The minimum atomic E-state index is -0.517. The van der Waals surface area contributed by atoms with Crippen molar-refractivity contribution in [1.82, 2.24) is 4.98 Å². The van der Waals surface area contributed by atoms with Gasteiger partial charge in [0.25, 0.3) is 0 Å². The molecule has 1 heterocycles. The SMILES string of the molecule is NCC#Cc1cccc(NC(=O)Nc2cccc(F)c2)n1. The molecule has 0 saturated heterocycles. The van der Waals surface area contributed by atoms with Gasteiger partial charge in [0.05, 0.1) is 6.54 Å². The van der Waals surface area contributed by atoms with E-state index in [1.54, 1.807) is 24.3 Å². The Hall–Kier alpha value is -2.91. The second-order valence-corrected chi connectivity index (χ2v) is 4.00. The second-order valence-electron chi connectivity index (χ2n) is 4.00. The predicted octanol–water partition coefficient (Wildman–Crippen LogP) is 2.17. The number of aromatic nitrogens is 1. The first-order valence-electron chi connectivity index (χ1n) is 6.17. The molecule has 2 aromatic rings. The van der Waals surface area contributed by atoms with Gasteiger partial charge in [-0.2, -0.15) is 0 Å². The summed E-state index contributed by atoms with van der Waals surface area (Å²) in [5.74, 6) is 5.36. The fourth-order valence-electron chi connectivity index (χ4n) is 1.56. The molecule has 2 amide bonds. The topological polar surface area (TPSA) is 80.0 Å². The Balaban J connectivity index is 2.02. The van der Waals surface area contributed by atoms with Crippen LogP contribution in [0.4, 0.5) is 20.7 Å². The summed E-state index contributed by atoms with van der Waals surface area (Å²) in [6.07, 6.45) is 0. The van der Waals surface area contributed by atoms with Gasteiger partial charge in [0.1, 0.15) is 17.3 Å². The number of amides is 2. The number of halogens is 1. The standard InChI is InChI=1S/C15H13FN4O/c16-11-4-1-6-13(10-11)19-15(21)20-14-8-2-5-12(18-14)7-3-9-17/h1-2,4-6,8,10H,9,17H2,(H2,18,19,20,21). The van der Waals surface area contributed by atoms with Crippen LogP contribution in [-0.2, 0) is 0 Å². The highest BCUT2D eigenvalue weighted by molar-refractivity contribution is 5.99. The third kappa shape index (κ3) is 4.60. The molecular formula is C15H13FN4O. The highest BCUT2D eigenvalue weighted by Gasteiger charge is 2.04. The molecule has 0 saturated carbocycles. The van der Waals surface area contributed by atoms with Gasteiger partial charge in [-0.3, -0.25) is 5.32 Å². The molecule has 0 atom stereocenters. The van der Waals surface area contributed by atoms with E-state index in [1.165, 1.54) is 18.2 Å². The molecule has 0 aliphatic carbocycles. The molecule has 1 aromatic heterocycles. The molecule has 0 aliphatic heterocycles. The van der Waals surface area contributed by atoms with Gasteiger partial charge in [-0.05, 0) is 36.3 Å². The van der Waals surface area contributed by atoms with Crippen molar-refractivity contribution in [3.63, 3.8) is 0 Å². The molecule has 0 spiro atoms. The maximum atomic E-state index is 13.0. The van der Waals surface area contributed by atoms with Crippen LogP contribution in [0, 0.1) is 17.7 Å². The number of anilines is 2. The van der Waals surface area contributed by atoms with Crippen molar-refractivity contribution in [1.29, 1.82) is 0 Å². The lowest BCUT2D eigenvalue weighted by atomic mass is 10.3. The van der Waals surface area contributed by atoms with Gasteiger partial charge >= 0.3 is 6.03 Å². The first-order valence-corrected chi connectivity index (χ1v) is 6.17. The summed E-state index contributed by atoms with van der Waals surface area (Å²) in [5.41, 5.74) is 6.14. The summed E-state index contributed by atoms with van der Waals surface area (Å²) in [7, 11) is 0. The van der Waals surface area contributed by atoms with E-state index in [-0.39, 0.29) is 6.54 Å². The Morgan fingerprint density at radius 2 is 2.05 bits per heavy atom. The number of carbonyl (C=O) groups excluding carboxylic acids is 1. The van der Waals surface area contributed by atoms with Crippen molar-refractivity contribution in [3.8, 4) is 11.8 Å². The van der Waals surface area contributed by atoms with E-state index in [2.05, 4.69) is 27.5 Å². The lowest BCUT2D eigenvalue weighted by Crippen LogP contribution is -2.20. The summed E-state index contributed by atoms with van der Waals surface area (Å²) in [6, 6.07) is 10.1. The smallest absolute Gasteiger partial charge is 0.320 e. The number of pyridine rings is 1. The highest BCUT2D eigenvalue weighted by Crippen LogP contribution is 2.10. The summed E-state index contributed by atoms with van der Waals surface area (Å²) in [5, 5.41) is 5.05. The van der Waals surface area contributed by atoms with Crippen LogP contribution in [0.1, 0.15) is 5.69 Å². The number of nitrogens with two attached hydrogens (primary N) is 1. The molecule has 0 radical (unpaired) electrons. The predicted molar refractivity (Wildman–Crippen MR) is 79.2 cm³/mol. The highest BCUT2D eigenvalue weighted by atomic mass is 19.1. The van der Waals surface area contributed by atoms with Crippen LogP contribution < -0.4 is 16.4 Å². The van der Waals surface area contributed by atoms with Crippen LogP contribution in [0.15, 0.2) is 42.5 Å². The molecule has 6 heteroatoms. The lowest BCUT2D eigenvalue weighted by molar-refractivity contribution is 0.262. The third-order valence-electron chi connectivity index (χ3n) is 2.39. The zero-order valence-corrected chi connectivity index (χ0v) is 11.1. The average molecular weight is 284 g/mol. The minimum absolute atomic E-state index is 0.236. The van der Waals surface area contributed by atoms with Gasteiger partial charge < -0.3 is 11.1 Å². The second kappa shape index (κ2) is 7.03. The number of urea groups is 1. The van der Waals surface area contributed by atoms with Crippen molar-refractivity contribution >= 4 is 17.5 Å². The Kier molecular flexibility index (Phi) is 4.85. The van der Waals surface area contributed by atoms with Crippen molar-refractivity contribution < 1.29 is 9.18 Å². The van der Waals surface area contributed by atoms with E-state index < -0.39 is 11.8 Å². The molecular weight excluding hydrogens is 271 g/mol. The quantitative estimate of drug-likeness (QED) is 0.739. The Morgan fingerprint density at radius 1 is 1.24 bits per heavy atom. The molecule has 21 heavy (non-hydrogen) atoms. The van der Waals surface area contributed by atoms with Gasteiger partial charge in [-0.1, -0.05) is 18.1 Å². The Labute approximate surface area is 121 Å². The molecule has 2 rings (SSSR count). The monoisotopic (exact) mass is 284 g/mol. The van der Waals surface area contributed by atoms with Crippen LogP contribution in [-0.4, -0.2) is 17.6 Å². The number of carbonyl (C=O) groups is 1. The van der Waals surface area contributed by atoms with Gasteiger partial charge in [0, 0.05) is 5.69 Å². The van der Waals surface area contributed by atoms with E-state index in [0.29, 0.717) is 17.2 Å². The molecule has 0 fully saturated rings. The molecule has 5 nitrogen and oxygen atoms in total. The van der Waals surface area contributed by atoms with Crippen LogP contribution in [0.2, 0.25) is 0 Å². The fourth-order valence-corrected chi connectivity index (χ4v) is 1.56. The van der Waals surface area contributed by atoms with E-state index in [4.69, 9.17) is 5.73 Å². The van der Waals surface area contributed by atoms with Crippen LogP contribution in [0.3, 0.4) is 0 Å². The van der Waals surface area contributed by atoms with E-state index in [0.717, 1.165) is 0 Å². The maximum absolute atomic E-state index is 13.0. The number of nitrogens with zero attached hydrogens (tertiary/aromatic N) is 1. The van der Waals surface area contributed by atoms with Gasteiger partial charge in [-0.15, -0.1) is 0 Å². The molecule has 0 unspecified atom stereocenters. The molecule has 1 aromatic carbocycles. The van der Waals surface area contributed by atoms with Crippen molar-refractivity contribution in [3.05, 3.63) is 54.0 Å². The summed E-state index contributed by atoms with van der Waals surface area (Å²) < 4.78 is 13.0. The molecule has 4 N–H and O–H groups in total. The Bertz CT molecular complexity index is 706. The number of rotatable bonds is 2. The van der Waals surface area contributed by atoms with Crippen LogP contribution in [0.5, 0.6) is 0 Å². The van der Waals surface area contributed by atoms with Crippen molar-refractivity contribution in [2.45, 2.75) is 0 Å². The van der Waals surface area contributed by atoms with Crippen LogP contribution in [0.25, 0.3) is 0 Å². The first kappa shape index (κ1) is 14.5. The van der Waals surface area contributed by atoms with E-state index in [1.807, 2.05) is 0 Å². The number of hydrogen-bond donors (Lipinski definition) is 3. The molecule has 0 bridgehead atoms. The van der Waals surface area contributed by atoms with Crippen molar-refractivity contribution in [2.24, 2.45) is 5.73 Å². The van der Waals surface area contributed by atoms with Gasteiger partial charge in [0.2, 0.25) is 0 Å². The third-order valence-corrected chi connectivity index (χ3v) is 2.39. The normalized spacial score (nSPS) is 9.43. The number of benzene rings is 1. The molecule has 106 valence electrons. The van der Waals surface area contributed by atoms with Crippen LogP contribution >= 0.6 is 0 Å². The largest absolute Gasteiger partial charge is 0.324 e. The van der Waals surface area contributed by atoms with Gasteiger partial charge in [0.15, 0.2) is 0 Å². The summed E-state index contributed by atoms with van der Waals surface area (Å²) in [6.45, 7) is 0.236. The fraction of sp³-hybridized carbons (Fsp3) is 0.0667. The maximum Gasteiger partial charge on any atom is 0.324 e. The number of nitrogens with one attached hydrogen (secondary N) is 2. The number of hydrogen-bond acceptors (Lipinski definition) is 3. The van der Waals surface area contributed by atoms with Gasteiger partial charge in [-0.25, -0.2) is 14.2 Å². The van der Waals surface area contributed by atoms with Crippen molar-refractivity contribution in [2.75, 3.05) is 17.2 Å². The zero-order valence-electron chi connectivity index (χ0n) is 11.1. The minimum Gasteiger partial charge on any atom is -0.320 e. The molecule has 0 aliphatic rings.